The molecule has 1 saturated carbocycles. The van der Waals surface area contributed by atoms with Crippen molar-refractivity contribution in [2.45, 2.75) is 63.3 Å². The lowest BCUT2D eigenvalue weighted by Gasteiger charge is -2.32. The van der Waals surface area contributed by atoms with E-state index in [1.807, 2.05) is 0 Å². The number of benzene rings is 2. The second-order valence-corrected chi connectivity index (χ2v) is 11.9. The number of nitrogens with one attached hydrogen (secondary N) is 2. The zero-order chi connectivity index (χ0) is 20.6. The van der Waals surface area contributed by atoms with Crippen LogP contribution in [0.4, 0.5) is 0 Å². The van der Waals surface area contributed by atoms with E-state index >= 15 is 0 Å². The summed E-state index contributed by atoms with van der Waals surface area (Å²) in [7, 11) is -3.27. The molecule has 1 fully saturated rings. The van der Waals surface area contributed by atoms with Gasteiger partial charge in [0.05, 0.1) is 10.8 Å². The monoisotopic (exact) mass is 412 g/mol. The molecule has 2 aromatic carbocycles. The quantitative estimate of drug-likeness (QED) is 0.753. The van der Waals surface area contributed by atoms with Gasteiger partial charge in [-0.15, -0.1) is 0 Å². The van der Waals surface area contributed by atoms with Crippen molar-refractivity contribution >= 4 is 10.0 Å². The Balaban J connectivity index is 1.36. The van der Waals surface area contributed by atoms with Gasteiger partial charge in [-0.25, -0.2) is 13.1 Å². The Bertz CT molecular complexity index is 925. The van der Waals surface area contributed by atoms with Gasteiger partial charge >= 0.3 is 0 Å². The van der Waals surface area contributed by atoms with E-state index in [9.17, 15) is 8.42 Å². The Hall–Kier alpha value is -1.69. The SMILES string of the molecule is CC(C)(C)S(=O)(=O)N[C@H]1CC[C@H](CNC2c3ccccc3-c3ccccc32)CC1. The summed E-state index contributed by atoms with van der Waals surface area (Å²) in [5.41, 5.74) is 5.39. The van der Waals surface area contributed by atoms with E-state index in [1.54, 1.807) is 20.8 Å². The third-order valence-corrected chi connectivity index (χ3v) is 8.68. The minimum Gasteiger partial charge on any atom is -0.306 e. The van der Waals surface area contributed by atoms with Crippen LogP contribution in [0.15, 0.2) is 48.5 Å². The van der Waals surface area contributed by atoms with E-state index < -0.39 is 14.8 Å². The van der Waals surface area contributed by atoms with Gasteiger partial charge in [0.1, 0.15) is 0 Å². The molecule has 0 aromatic heterocycles. The molecule has 0 radical (unpaired) electrons. The first kappa shape index (κ1) is 20.6. The molecule has 2 N–H and O–H groups in total. The lowest BCUT2D eigenvalue weighted by atomic mass is 9.86. The summed E-state index contributed by atoms with van der Waals surface area (Å²) in [4.78, 5) is 0. The van der Waals surface area contributed by atoms with Crippen LogP contribution in [0.5, 0.6) is 0 Å². The minimum atomic E-state index is -3.27. The maximum atomic E-state index is 12.4. The van der Waals surface area contributed by atoms with Crippen LogP contribution in [0, 0.1) is 5.92 Å². The van der Waals surface area contributed by atoms with Gasteiger partial charge in [0, 0.05) is 6.04 Å². The molecule has 2 aromatic rings. The highest BCUT2D eigenvalue weighted by molar-refractivity contribution is 7.90. The molecule has 4 rings (SSSR count). The van der Waals surface area contributed by atoms with Gasteiger partial charge in [0.2, 0.25) is 10.0 Å². The smallest absolute Gasteiger partial charge is 0.216 e. The highest BCUT2D eigenvalue weighted by atomic mass is 32.2. The fourth-order valence-electron chi connectivity index (χ4n) is 4.54. The molecule has 156 valence electrons. The first-order chi connectivity index (χ1) is 13.8. The van der Waals surface area contributed by atoms with E-state index in [2.05, 4.69) is 58.6 Å². The molecule has 0 heterocycles. The van der Waals surface area contributed by atoms with Crippen LogP contribution in [-0.2, 0) is 10.0 Å². The highest BCUT2D eigenvalue weighted by Crippen LogP contribution is 2.43. The molecule has 2 aliphatic carbocycles. The van der Waals surface area contributed by atoms with Crippen LogP contribution in [0.3, 0.4) is 0 Å². The van der Waals surface area contributed by atoms with Crippen molar-refractivity contribution in [1.29, 1.82) is 0 Å². The van der Waals surface area contributed by atoms with Gasteiger partial charge in [-0.2, -0.15) is 0 Å². The van der Waals surface area contributed by atoms with Crippen LogP contribution in [0.1, 0.15) is 63.6 Å². The number of rotatable bonds is 5. The molecule has 0 unspecified atom stereocenters. The summed E-state index contributed by atoms with van der Waals surface area (Å²) in [5, 5.41) is 3.81. The molecular weight excluding hydrogens is 380 g/mol. The molecule has 0 aliphatic heterocycles. The summed E-state index contributed by atoms with van der Waals surface area (Å²) in [6.07, 6.45) is 3.94. The van der Waals surface area contributed by atoms with Gasteiger partial charge in [-0.1, -0.05) is 48.5 Å². The van der Waals surface area contributed by atoms with Gasteiger partial charge in [-0.3, -0.25) is 0 Å². The number of hydrogen-bond donors (Lipinski definition) is 2. The second kappa shape index (κ2) is 7.86. The normalized spacial score (nSPS) is 22.3. The van der Waals surface area contributed by atoms with E-state index in [4.69, 9.17) is 0 Å². The van der Waals surface area contributed by atoms with Gasteiger partial charge in [0.25, 0.3) is 0 Å². The third-order valence-electron chi connectivity index (χ3n) is 6.42. The number of fused-ring (bicyclic) bond motifs is 3. The number of sulfonamides is 1. The van der Waals surface area contributed by atoms with E-state index in [-0.39, 0.29) is 12.1 Å². The maximum Gasteiger partial charge on any atom is 0.216 e. The molecule has 0 bridgehead atoms. The van der Waals surface area contributed by atoms with Crippen LogP contribution < -0.4 is 10.0 Å². The molecule has 2 aliphatic rings. The van der Waals surface area contributed by atoms with Crippen molar-refractivity contribution < 1.29 is 8.42 Å². The predicted octanol–water partition coefficient (Wildman–Crippen LogP) is 4.62. The molecule has 29 heavy (non-hydrogen) atoms. The van der Waals surface area contributed by atoms with E-state index in [1.165, 1.54) is 22.3 Å². The first-order valence-corrected chi connectivity index (χ1v) is 12.2. The Kier molecular flexibility index (Phi) is 5.58. The molecular formula is C24H32N2O2S. The van der Waals surface area contributed by atoms with Gasteiger partial charge in [-0.05, 0) is 81.2 Å². The first-order valence-electron chi connectivity index (χ1n) is 10.7. The Morgan fingerprint density at radius 2 is 1.38 bits per heavy atom. The molecule has 0 amide bonds. The molecule has 0 saturated heterocycles. The van der Waals surface area contributed by atoms with Crippen molar-refractivity contribution in [2.24, 2.45) is 5.92 Å². The summed E-state index contributed by atoms with van der Waals surface area (Å²) in [6, 6.07) is 17.7. The average Bonchev–Trinajstić information content (AvgIpc) is 3.00. The van der Waals surface area contributed by atoms with Crippen molar-refractivity contribution in [2.75, 3.05) is 6.54 Å². The van der Waals surface area contributed by atoms with Crippen LogP contribution in [-0.4, -0.2) is 25.8 Å². The Morgan fingerprint density at radius 3 is 1.90 bits per heavy atom. The topological polar surface area (TPSA) is 58.2 Å². The summed E-state index contributed by atoms with van der Waals surface area (Å²) in [5.74, 6) is 0.588. The second-order valence-electron chi connectivity index (χ2n) is 9.47. The van der Waals surface area contributed by atoms with Crippen molar-refractivity contribution in [1.82, 2.24) is 10.0 Å². The van der Waals surface area contributed by atoms with E-state index in [0.717, 1.165) is 32.2 Å². The van der Waals surface area contributed by atoms with Crippen molar-refractivity contribution in [3.8, 4) is 11.1 Å². The van der Waals surface area contributed by atoms with Crippen LogP contribution in [0.25, 0.3) is 11.1 Å². The zero-order valence-electron chi connectivity index (χ0n) is 17.6. The summed E-state index contributed by atoms with van der Waals surface area (Å²) in [6.45, 7) is 6.22. The standard InChI is InChI=1S/C24H32N2O2S/c1-24(2,3)29(27,28)26-18-14-12-17(13-15-18)16-25-23-21-10-6-4-8-19(21)20-9-5-7-11-22(20)23/h4-11,17-18,23,25-26H,12-16H2,1-3H3/t17-,18-. The minimum absolute atomic E-state index is 0.0726. The fraction of sp³-hybridized carbons (Fsp3) is 0.500. The van der Waals surface area contributed by atoms with Gasteiger partial charge in [0.15, 0.2) is 0 Å². The number of hydrogen-bond acceptors (Lipinski definition) is 3. The maximum absolute atomic E-state index is 12.4. The largest absolute Gasteiger partial charge is 0.306 e. The fourth-order valence-corrected chi connectivity index (χ4v) is 5.57. The average molecular weight is 413 g/mol. The third kappa shape index (κ3) is 4.14. The predicted molar refractivity (Wildman–Crippen MR) is 119 cm³/mol. The van der Waals surface area contributed by atoms with Crippen LogP contribution in [0.2, 0.25) is 0 Å². The molecule has 0 atom stereocenters. The molecule has 5 heteroatoms. The Labute approximate surface area is 175 Å². The lowest BCUT2D eigenvalue weighted by Crippen LogP contribution is -2.46. The van der Waals surface area contributed by atoms with Gasteiger partial charge < -0.3 is 5.32 Å². The lowest BCUT2D eigenvalue weighted by molar-refractivity contribution is 0.297. The van der Waals surface area contributed by atoms with Crippen LogP contribution >= 0.6 is 0 Å². The zero-order valence-corrected chi connectivity index (χ0v) is 18.4. The van der Waals surface area contributed by atoms with E-state index in [0.29, 0.717) is 5.92 Å². The summed E-state index contributed by atoms with van der Waals surface area (Å²) < 4.78 is 27.0. The van der Waals surface area contributed by atoms with Crippen molar-refractivity contribution in [3.63, 3.8) is 0 Å². The van der Waals surface area contributed by atoms with Crippen molar-refractivity contribution in [3.05, 3.63) is 59.7 Å². The Morgan fingerprint density at radius 1 is 0.862 bits per heavy atom. The highest BCUT2D eigenvalue weighted by Gasteiger charge is 2.33. The summed E-state index contributed by atoms with van der Waals surface area (Å²) >= 11 is 0. The molecule has 0 spiro atoms. The molecule has 4 nitrogen and oxygen atoms in total.